The summed E-state index contributed by atoms with van der Waals surface area (Å²) in [5.74, 6) is -3.69. The molecule has 136 valence electrons. The second kappa shape index (κ2) is 6.08. The van der Waals surface area contributed by atoms with E-state index in [0.717, 1.165) is 18.3 Å². The SMILES string of the molecule is Fc1cc(F)c(-c2cccnc2Cl)c(C(F)(C(F)(F)F)C(F)(F)F)c1. The van der Waals surface area contributed by atoms with Crippen LogP contribution < -0.4 is 0 Å². The average Bonchev–Trinajstić information content (AvgIpc) is 2.44. The minimum atomic E-state index is -6.55. The van der Waals surface area contributed by atoms with Crippen molar-refractivity contribution in [2.45, 2.75) is 18.0 Å². The van der Waals surface area contributed by atoms with Gasteiger partial charge in [0.1, 0.15) is 16.8 Å². The fraction of sp³-hybridized carbons (Fsp3) is 0.214. The zero-order valence-corrected chi connectivity index (χ0v) is 12.4. The summed E-state index contributed by atoms with van der Waals surface area (Å²) in [7, 11) is 0. The summed E-state index contributed by atoms with van der Waals surface area (Å²) in [6.45, 7) is 0. The Balaban J connectivity index is 2.97. The molecule has 1 aromatic heterocycles. The summed E-state index contributed by atoms with van der Waals surface area (Å²) in [4.78, 5) is 3.39. The Morgan fingerprint density at radius 2 is 1.44 bits per heavy atom. The van der Waals surface area contributed by atoms with Gasteiger partial charge in [-0.05, 0) is 18.2 Å². The van der Waals surface area contributed by atoms with Crippen LogP contribution in [0.1, 0.15) is 5.56 Å². The van der Waals surface area contributed by atoms with E-state index in [-0.39, 0.29) is 12.1 Å². The number of alkyl halides is 7. The van der Waals surface area contributed by atoms with Crippen LogP contribution in [0.25, 0.3) is 11.1 Å². The van der Waals surface area contributed by atoms with Gasteiger partial charge >= 0.3 is 18.0 Å². The molecular formula is C14H5ClF9N. The van der Waals surface area contributed by atoms with Crippen molar-refractivity contribution in [1.29, 1.82) is 0 Å². The third-order valence-corrected chi connectivity index (χ3v) is 3.54. The number of hydrogen-bond acceptors (Lipinski definition) is 1. The van der Waals surface area contributed by atoms with Crippen LogP contribution in [0.3, 0.4) is 0 Å². The van der Waals surface area contributed by atoms with Gasteiger partial charge in [0, 0.05) is 29.0 Å². The normalized spacial score (nSPS) is 13.2. The van der Waals surface area contributed by atoms with E-state index in [2.05, 4.69) is 4.98 Å². The second-order valence-electron chi connectivity index (χ2n) is 4.81. The maximum Gasteiger partial charge on any atom is 0.435 e. The van der Waals surface area contributed by atoms with Crippen molar-refractivity contribution >= 4 is 11.6 Å². The molecule has 0 fully saturated rings. The number of benzene rings is 1. The van der Waals surface area contributed by atoms with Crippen LogP contribution in [-0.2, 0) is 5.67 Å². The molecule has 0 bridgehead atoms. The molecule has 0 spiro atoms. The van der Waals surface area contributed by atoms with Crippen molar-refractivity contribution in [2.75, 3.05) is 0 Å². The Bertz CT molecular complexity index is 784. The van der Waals surface area contributed by atoms with Gasteiger partial charge in [0.25, 0.3) is 0 Å². The Morgan fingerprint density at radius 1 is 0.880 bits per heavy atom. The highest BCUT2D eigenvalue weighted by Gasteiger charge is 2.74. The maximum atomic E-state index is 14.3. The van der Waals surface area contributed by atoms with Gasteiger partial charge in [-0.15, -0.1) is 0 Å². The molecule has 0 aliphatic rings. The van der Waals surface area contributed by atoms with E-state index in [1.165, 1.54) is 0 Å². The van der Waals surface area contributed by atoms with Crippen LogP contribution in [-0.4, -0.2) is 17.3 Å². The lowest BCUT2D eigenvalue weighted by molar-refractivity contribution is -0.348. The minimum Gasteiger partial charge on any atom is -0.244 e. The smallest absolute Gasteiger partial charge is 0.244 e. The number of pyridine rings is 1. The molecule has 2 aromatic rings. The van der Waals surface area contributed by atoms with Gasteiger partial charge < -0.3 is 0 Å². The van der Waals surface area contributed by atoms with E-state index >= 15 is 0 Å². The van der Waals surface area contributed by atoms with Crippen LogP contribution >= 0.6 is 11.6 Å². The van der Waals surface area contributed by atoms with Crippen molar-refractivity contribution in [2.24, 2.45) is 0 Å². The van der Waals surface area contributed by atoms with E-state index in [1.54, 1.807) is 0 Å². The van der Waals surface area contributed by atoms with Crippen LogP contribution in [0.5, 0.6) is 0 Å². The van der Waals surface area contributed by atoms with Crippen molar-refractivity contribution in [3.8, 4) is 11.1 Å². The summed E-state index contributed by atoms with van der Waals surface area (Å²) < 4.78 is 119. The van der Waals surface area contributed by atoms with Crippen LogP contribution in [0.15, 0.2) is 30.5 Å². The van der Waals surface area contributed by atoms with Gasteiger partial charge in [0.05, 0.1) is 0 Å². The molecule has 1 nitrogen and oxygen atoms in total. The molecular weight excluding hydrogens is 389 g/mol. The second-order valence-corrected chi connectivity index (χ2v) is 5.16. The first-order valence-electron chi connectivity index (χ1n) is 6.23. The summed E-state index contributed by atoms with van der Waals surface area (Å²) >= 11 is 5.56. The first kappa shape index (κ1) is 19.4. The molecule has 0 unspecified atom stereocenters. The molecule has 1 aromatic carbocycles. The van der Waals surface area contributed by atoms with Crippen molar-refractivity contribution < 1.29 is 39.5 Å². The Kier molecular flexibility index (Phi) is 4.71. The largest absolute Gasteiger partial charge is 0.435 e. The van der Waals surface area contributed by atoms with E-state index in [0.29, 0.717) is 0 Å². The number of halogens is 10. The van der Waals surface area contributed by atoms with Gasteiger partial charge in [-0.25, -0.2) is 18.2 Å². The lowest BCUT2D eigenvalue weighted by Crippen LogP contribution is -2.50. The predicted octanol–water partition coefficient (Wildman–Crippen LogP) is 5.97. The first-order chi connectivity index (χ1) is 11.3. The molecule has 0 saturated carbocycles. The van der Waals surface area contributed by atoms with E-state index < -0.39 is 51.5 Å². The lowest BCUT2D eigenvalue weighted by atomic mass is 9.87. The molecule has 11 heteroatoms. The maximum absolute atomic E-state index is 14.3. The quantitative estimate of drug-likeness (QED) is 0.452. The molecule has 0 atom stereocenters. The molecule has 1 heterocycles. The van der Waals surface area contributed by atoms with Gasteiger partial charge in [-0.1, -0.05) is 11.6 Å². The van der Waals surface area contributed by atoms with E-state index in [1.807, 2.05) is 0 Å². The van der Waals surface area contributed by atoms with Crippen LogP contribution in [0, 0.1) is 11.6 Å². The summed E-state index contributed by atoms with van der Waals surface area (Å²) in [6, 6.07) is 1.48. The average molecular weight is 394 g/mol. The third-order valence-electron chi connectivity index (χ3n) is 3.24. The highest BCUT2D eigenvalue weighted by Crippen LogP contribution is 2.56. The van der Waals surface area contributed by atoms with Crippen molar-refractivity contribution in [3.63, 3.8) is 0 Å². The third kappa shape index (κ3) is 3.14. The number of rotatable bonds is 2. The zero-order chi connectivity index (χ0) is 19.2. The zero-order valence-electron chi connectivity index (χ0n) is 11.6. The Hall–Kier alpha value is -1.97. The number of nitrogens with zero attached hydrogens (tertiary/aromatic N) is 1. The molecule has 0 N–H and O–H groups in total. The molecule has 25 heavy (non-hydrogen) atoms. The predicted molar refractivity (Wildman–Crippen MR) is 69.5 cm³/mol. The van der Waals surface area contributed by atoms with Gasteiger partial charge in [-0.2, -0.15) is 26.3 Å². The minimum absolute atomic E-state index is 0.00926. The topological polar surface area (TPSA) is 12.9 Å². The Morgan fingerprint density at radius 3 is 1.92 bits per heavy atom. The molecule has 0 aliphatic heterocycles. The molecule has 0 radical (unpaired) electrons. The number of hydrogen-bond donors (Lipinski definition) is 0. The fourth-order valence-electron chi connectivity index (χ4n) is 2.16. The van der Waals surface area contributed by atoms with Crippen molar-refractivity contribution in [3.05, 3.63) is 52.8 Å². The monoisotopic (exact) mass is 393 g/mol. The standard InChI is InChI=1S/C14H5ClF9N/c15-11-7(2-1-3-25-11)10-8(4-6(16)5-9(10)17)12(18,13(19,20)21)14(22,23)24/h1-5H. The highest BCUT2D eigenvalue weighted by molar-refractivity contribution is 6.32. The molecule has 0 aliphatic carbocycles. The van der Waals surface area contributed by atoms with Gasteiger partial charge in [0.15, 0.2) is 0 Å². The lowest BCUT2D eigenvalue weighted by Gasteiger charge is -2.32. The van der Waals surface area contributed by atoms with Crippen LogP contribution in [0.4, 0.5) is 39.5 Å². The summed E-state index contributed by atoms with van der Waals surface area (Å²) in [6.07, 6.45) is -12.1. The highest BCUT2D eigenvalue weighted by atomic mass is 35.5. The Labute approximate surface area is 139 Å². The number of aromatic nitrogens is 1. The van der Waals surface area contributed by atoms with E-state index in [4.69, 9.17) is 11.6 Å². The summed E-state index contributed by atoms with van der Waals surface area (Å²) in [5, 5.41) is -0.694. The van der Waals surface area contributed by atoms with E-state index in [9.17, 15) is 39.5 Å². The molecule has 2 rings (SSSR count). The van der Waals surface area contributed by atoms with Gasteiger partial charge in [0.2, 0.25) is 0 Å². The summed E-state index contributed by atoms with van der Waals surface area (Å²) in [5.41, 5.74) is -10.6. The molecule has 0 saturated heterocycles. The van der Waals surface area contributed by atoms with Crippen LogP contribution in [0.2, 0.25) is 5.15 Å². The van der Waals surface area contributed by atoms with Gasteiger partial charge in [-0.3, -0.25) is 0 Å². The van der Waals surface area contributed by atoms with Crippen molar-refractivity contribution in [1.82, 2.24) is 4.98 Å². The fourth-order valence-corrected chi connectivity index (χ4v) is 2.37. The first-order valence-corrected chi connectivity index (χ1v) is 6.61. The molecule has 0 amide bonds.